The van der Waals surface area contributed by atoms with Crippen LogP contribution >= 0.6 is 11.1 Å². The summed E-state index contributed by atoms with van der Waals surface area (Å²) in [6, 6.07) is 0. The maximum Gasteiger partial charge on any atom is 0.176 e. The van der Waals surface area contributed by atoms with Crippen molar-refractivity contribution in [1.29, 1.82) is 0 Å². The van der Waals surface area contributed by atoms with Crippen LogP contribution in [0.2, 0.25) is 13.1 Å². The molecule has 0 atom stereocenters. The zero-order chi connectivity index (χ0) is 5.21. The summed E-state index contributed by atoms with van der Waals surface area (Å²) in [4.78, 5) is 0. The number of halogens is 1. The van der Waals surface area contributed by atoms with Crippen LogP contribution in [-0.4, -0.2) is 18.7 Å². The first kappa shape index (κ1) is 6.47. The van der Waals surface area contributed by atoms with Crippen molar-refractivity contribution >= 4 is 18.5 Å². The first-order valence-corrected chi connectivity index (χ1v) is 6.08. The van der Waals surface area contributed by atoms with Crippen molar-refractivity contribution in [3.63, 3.8) is 0 Å². The van der Waals surface area contributed by atoms with Gasteiger partial charge in [0.1, 0.15) is 0 Å². The summed E-state index contributed by atoms with van der Waals surface area (Å²) in [5, 5.41) is 8.33. The number of aliphatic hydroxyl groups excluding tert-OH is 1. The highest BCUT2D eigenvalue weighted by molar-refractivity contribution is 7.19. The van der Waals surface area contributed by atoms with Gasteiger partial charge in [0, 0.05) is 0 Å². The molecule has 1 nitrogen and oxygen atoms in total. The van der Waals surface area contributed by atoms with E-state index in [2.05, 4.69) is 0 Å². The van der Waals surface area contributed by atoms with Crippen molar-refractivity contribution in [3.8, 4) is 0 Å². The Bertz CT molecular complexity index is 40.5. The summed E-state index contributed by atoms with van der Waals surface area (Å²) in [6.45, 7) is 3.79. The van der Waals surface area contributed by atoms with Gasteiger partial charge in [-0.25, -0.2) is 0 Å². The Morgan fingerprint density at radius 2 is 1.83 bits per heavy atom. The van der Waals surface area contributed by atoms with Gasteiger partial charge in [0.05, 0.1) is 6.23 Å². The minimum Gasteiger partial charge on any atom is -0.398 e. The first-order chi connectivity index (χ1) is 2.56. The molecule has 0 aliphatic rings. The van der Waals surface area contributed by atoms with Crippen LogP contribution in [0.25, 0.3) is 0 Å². The van der Waals surface area contributed by atoms with Gasteiger partial charge in [-0.05, 0) is 0 Å². The molecule has 0 fully saturated rings. The van der Waals surface area contributed by atoms with Crippen molar-refractivity contribution in [1.82, 2.24) is 0 Å². The quantitative estimate of drug-likeness (QED) is 0.408. The Morgan fingerprint density at radius 1 is 1.67 bits per heavy atom. The van der Waals surface area contributed by atoms with Gasteiger partial charge >= 0.3 is 0 Å². The highest BCUT2D eigenvalue weighted by Crippen LogP contribution is 2.03. The highest BCUT2D eigenvalue weighted by Gasteiger charge is 2.13. The molecule has 0 amide bonds. The van der Waals surface area contributed by atoms with Crippen LogP contribution in [0.1, 0.15) is 0 Å². The van der Waals surface area contributed by atoms with Crippen LogP contribution in [0, 0.1) is 0 Å². The molecular formula is C3H9ClOSi. The second-order valence-electron chi connectivity index (χ2n) is 1.88. The van der Waals surface area contributed by atoms with Crippen LogP contribution in [0.15, 0.2) is 0 Å². The van der Waals surface area contributed by atoms with Crippen molar-refractivity contribution in [2.24, 2.45) is 0 Å². The maximum absolute atomic E-state index is 8.33. The molecule has 0 aliphatic heterocycles. The van der Waals surface area contributed by atoms with E-state index in [1.807, 2.05) is 13.1 Å². The third-order valence-corrected chi connectivity index (χ3v) is 1.49. The highest BCUT2D eigenvalue weighted by atomic mass is 35.6. The fourth-order valence-corrected chi connectivity index (χ4v) is 0. The van der Waals surface area contributed by atoms with Crippen LogP contribution in [0.5, 0.6) is 0 Å². The lowest BCUT2D eigenvalue weighted by Gasteiger charge is -2.04. The zero-order valence-corrected chi connectivity index (χ0v) is 5.79. The van der Waals surface area contributed by atoms with Gasteiger partial charge in [-0.15, -0.1) is 0 Å². The monoisotopic (exact) mass is 124 g/mol. The van der Waals surface area contributed by atoms with Gasteiger partial charge in [-0.3, -0.25) is 0 Å². The van der Waals surface area contributed by atoms with Crippen molar-refractivity contribution < 1.29 is 5.11 Å². The molecule has 0 aromatic rings. The SMILES string of the molecule is C[Si](C)(Cl)CO. The first-order valence-electron chi connectivity index (χ1n) is 1.86. The smallest absolute Gasteiger partial charge is 0.176 e. The van der Waals surface area contributed by atoms with Crippen LogP contribution in [-0.2, 0) is 0 Å². The van der Waals surface area contributed by atoms with Crippen molar-refractivity contribution in [3.05, 3.63) is 0 Å². The van der Waals surface area contributed by atoms with Gasteiger partial charge in [0.2, 0.25) is 0 Å². The third-order valence-electron chi connectivity index (χ3n) is 0.376. The lowest BCUT2D eigenvalue weighted by molar-refractivity contribution is 0.361. The Balaban J connectivity index is 3.17. The van der Waals surface area contributed by atoms with E-state index in [9.17, 15) is 0 Å². The molecule has 0 aromatic carbocycles. The van der Waals surface area contributed by atoms with Gasteiger partial charge in [0.25, 0.3) is 0 Å². The lowest BCUT2D eigenvalue weighted by Crippen LogP contribution is -2.22. The molecule has 6 heavy (non-hydrogen) atoms. The number of hydrogen-bond acceptors (Lipinski definition) is 1. The summed E-state index contributed by atoms with van der Waals surface area (Å²) in [5.41, 5.74) is 0. The minimum absolute atomic E-state index is 0.175. The number of rotatable bonds is 1. The molecule has 3 heteroatoms. The third kappa shape index (κ3) is 4.47. The number of hydrogen-bond donors (Lipinski definition) is 1. The van der Waals surface area contributed by atoms with E-state index in [0.717, 1.165) is 0 Å². The Labute approximate surface area is 43.7 Å². The average Bonchev–Trinajstić information content (AvgIpc) is 1.35. The predicted octanol–water partition coefficient (Wildman–Crippen LogP) is 0.962. The lowest BCUT2D eigenvalue weighted by atomic mass is 11.7. The Kier molecular flexibility index (Phi) is 2.11. The van der Waals surface area contributed by atoms with E-state index >= 15 is 0 Å². The van der Waals surface area contributed by atoms with Crippen LogP contribution in [0.4, 0.5) is 0 Å². The van der Waals surface area contributed by atoms with E-state index < -0.39 is 7.38 Å². The molecule has 0 rings (SSSR count). The topological polar surface area (TPSA) is 20.2 Å². The summed E-state index contributed by atoms with van der Waals surface area (Å²) < 4.78 is 0. The standard InChI is InChI=1S/C3H9ClOSi/c1-6(2,4)3-5/h5H,3H2,1-2H3. The largest absolute Gasteiger partial charge is 0.398 e. The van der Waals surface area contributed by atoms with Crippen LogP contribution in [0.3, 0.4) is 0 Å². The van der Waals surface area contributed by atoms with E-state index in [4.69, 9.17) is 16.2 Å². The Morgan fingerprint density at radius 3 is 1.83 bits per heavy atom. The van der Waals surface area contributed by atoms with Crippen molar-refractivity contribution in [2.45, 2.75) is 13.1 Å². The average molecular weight is 125 g/mol. The Hall–Kier alpha value is 0.467. The van der Waals surface area contributed by atoms with Gasteiger partial charge in [0.15, 0.2) is 7.38 Å². The summed E-state index contributed by atoms with van der Waals surface area (Å²) in [5.74, 6) is 0. The molecular weight excluding hydrogens is 116 g/mol. The zero-order valence-electron chi connectivity index (χ0n) is 4.03. The second kappa shape index (κ2) is 1.96. The molecule has 0 bridgehead atoms. The normalized spacial score (nSPS) is 12.0. The summed E-state index contributed by atoms with van der Waals surface area (Å²) in [6.07, 6.45) is 0.175. The van der Waals surface area contributed by atoms with Gasteiger partial charge in [-0.1, -0.05) is 13.1 Å². The molecule has 0 radical (unpaired) electrons. The molecule has 38 valence electrons. The summed E-state index contributed by atoms with van der Waals surface area (Å²) >= 11 is 5.61. The van der Waals surface area contributed by atoms with Gasteiger partial charge in [-0.2, -0.15) is 11.1 Å². The summed E-state index contributed by atoms with van der Waals surface area (Å²) in [7, 11) is -1.60. The second-order valence-corrected chi connectivity index (χ2v) is 8.70. The molecule has 0 aromatic heterocycles. The molecule has 0 spiro atoms. The van der Waals surface area contributed by atoms with Crippen LogP contribution < -0.4 is 0 Å². The predicted molar refractivity (Wildman–Crippen MR) is 30.4 cm³/mol. The van der Waals surface area contributed by atoms with E-state index in [-0.39, 0.29) is 6.23 Å². The van der Waals surface area contributed by atoms with Gasteiger partial charge < -0.3 is 5.11 Å². The maximum atomic E-state index is 8.33. The fraction of sp³-hybridized carbons (Fsp3) is 1.00. The molecule has 0 saturated heterocycles. The number of aliphatic hydroxyl groups is 1. The molecule has 0 unspecified atom stereocenters. The molecule has 0 saturated carbocycles. The molecule has 0 heterocycles. The van der Waals surface area contributed by atoms with E-state index in [0.29, 0.717) is 0 Å². The fourth-order valence-electron chi connectivity index (χ4n) is 0. The van der Waals surface area contributed by atoms with E-state index in [1.165, 1.54) is 0 Å². The molecule has 1 N–H and O–H groups in total. The molecule has 0 aliphatic carbocycles. The van der Waals surface area contributed by atoms with Crippen molar-refractivity contribution in [2.75, 3.05) is 6.23 Å². The minimum atomic E-state index is -1.60. The van der Waals surface area contributed by atoms with E-state index in [1.54, 1.807) is 0 Å².